The van der Waals surface area contributed by atoms with Gasteiger partial charge in [-0.15, -0.1) is 0 Å². The predicted octanol–water partition coefficient (Wildman–Crippen LogP) is 3.87. The van der Waals surface area contributed by atoms with E-state index in [0.29, 0.717) is 29.9 Å². The summed E-state index contributed by atoms with van der Waals surface area (Å²) < 4.78 is 7.56. The molecule has 0 radical (unpaired) electrons. The molecule has 0 saturated heterocycles. The molecule has 134 valence electrons. The minimum absolute atomic E-state index is 0.168. The molecule has 6 heteroatoms. The van der Waals surface area contributed by atoms with Gasteiger partial charge in [-0.25, -0.2) is 4.68 Å². The molecule has 2 aromatic carbocycles. The Kier molecular flexibility index (Phi) is 6.20. The van der Waals surface area contributed by atoms with Gasteiger partial charge in [-0.3, -0.25) is 4.79 Å². The van der Waals surface area contributed by atoms with Gasteiger partial charge in [-0.2, -0.15) is 5.10 Å². The SMILES string of the molecule is Cn1ncc(NCc2cccc(COCc3ccccc3)c2)c(Br)c1=O. The van der Waals surface area contributed by atoms with Crippen molar-refractivity contribution in [2.45, 2.75) is 19.8 Å². The Hall–Kier alpha value is -2.44. The molecular weight excluding hydrogens is 394 g/mol. The number of hydrogen-bond acceptors (Lipinski definition) is 4. The monoisotopic (exact) mass is 413 g/mol. The molecule has 3 rings (SSSR count). The van der Waals surface area contributed by atoms with Crippen molar-refractivity contribution in [2.24, 2.45) is 7.05 Å². The third kappa shape index (κ3) is 4.80. The van der Waals surface area contributed by atoms with Gasteiger partial charge in [0, 0.05) is 13.6 Å². The van der Waals surface area contributed by atoms with E-state index in [1.165, 1.54) is 4.68 Å². The lowest BCUT2D eigenvalue weighted by atomic mass is 10.1. The molecule has 0 aliphatic carbocycles. The summed E-state index contributed by atoms with van der Waals surface area (Å²) >= 11 is 3.32. The van der Waals surface area contributed by atoms with Gasteiger partial charge in [0.25, 0.3) is 5.56 Å². The smallest absolute Gasteiger partial charge is 0.282 e. The minimum atomic E-state index is -0.168. The number of hydrogen-bond donors (Lipinski definition) is 1. The van der Waals surface area contributed by atoms with E-state index in [4.69, 9.17) is 4.74 Å². The van der Waals surface area contributed by atoms with Crippen molar-refractivity contribution in [3.05, 3.63) is 92.3 Å². The molecule has 0 amide bonds. The summed E-state index contributed by atoms with van der Waals surface area (Å²) in [5.74, 6) is 0. The van der Waals surface area contributed by atoms with Crippen LogP contribution >= 0.6 is 15.9 Å². The summed E-state index contributed by atoms with van der Waals surface area (Å²) in [5, 5.41) is 7.27. The van der Waals surface area contributed by atoms with Crippen LogP contribution in [0.15, 0.2) is 70.1 Å². The Morgan fingerprint density at radius 2 is 1.73 bits per heavy atom. The number of aryl methyl sites for hydroxylation is 1. The summed E-state index contributed by atoms with van der Waals surface area (Å²) in [6.45, 7) is 1.75. The van der Waals surface area contributed by atoms with E-state index in [1.807, 2.05) is 36.4 Å². The summed E-state index contributed by atoms with van der Waals surface area (Å²) in [7, 11) is 1.62. The molecule has 0 fully saturated rings. The van der Waals surface area contributed by atoms with Crippen LogP contribution in [0.4, 0.5) is 5.69 Å². The number of benzene rings is 2. The number of aromatic nitrogens is 2. The number of rotatable bonds is 7. The van der Waals surface area contributed by atoms with Crippen molar-refractivity contribution >= 4 is 21.6 Å². The van der Waals surface area contributed by atoms with Crippen LogP contribution in [0.25, 0.3) is 0 Å². The van der Waals surface area contributed by atoms with E-state index in [2.05, 4.69) is 44.5 Å². The van der Waals surface area contributed by atoms with E-state index < -0.39 is 0 Å². The molecule has 0 aliphatic rings. The first-order valence-electron chi connectivity index (χ1n) is 8.28. The van der Waals surface area contributed by atoms with Gasteiger partial charge in [0.05, 0.1) is 25.1 Å². The lowest BCUT2D eigenvalue weighted by molar-refractivity contribution is 0.107. The van der Waals surface area contributed by atoms with Crippen molar-refractivity contribution in [3.63, 3.8) is 0 Å². The standard InChI is InChI=1S/C20H20BrN3O2/c1-24-20(25)19(21)18(12-23-24)22-11-16-8-5-9-17(10-16)14-26-13-15-6-3-2-4-7-15/h2-10,12,22H,11,13-14H2,1H3. The zero-order valence-electron chi connectivity index (χ0n) is 14.5. The highest BCUT2D eigenvalue weighted by molar-refractivity contribution is 9.10. The Bertz CT molecular complexity index is 926. The summed E-state index contributed by atoms with van der Waals surface area (Å²) in [6.07, 6.45) is 1.64. The summed E-state index contributed by atoms with van der Waals surface area (Å²) in [6, 6.07) is 18.3. The largest absolute Gasteiger partial charge is 0.379 e. The van der Waals surface area contributed by atoms with Crippen LogP contribution < -0.4 is 10.9 Å². The van der Waals surface area contributed by atoms with Gasteiger partial charge < -0.3 is 10.1 Å². The Morgan fingerprint density at radius 1 is 1.04 bits per heavy atom. The summed E-state index contributed by atoms with van der Waals surface area (Å²) in [5.41, 5.74) is 3.89. The van der Waals surface area contributed by atoms with Gasteiger partial charge >= 0.3 is 0 Å². The van der Waals surface area contributed by atoms with Crippen molar-refractivity contribution in [1.82, 2.24) is 9.78 Å². The van der Waals surface area contributed by atoms with Gasteiger partial charge in [-0.1, -0.05) is 54.6 Å². The van der Waals surface area contributed by atoms with Crippen molar-refractivity contribution < 1.29 is 4.74 Å². The predicted molar refractivity (Wildman–Crippen MR) is 106 cm³/mol. The fourth-order valence-electron chi connectivity index (χ4n) is 2.52. The maximum Gasteiger partial charge on any atom is 0.282 e. The van der Waals surface area contributed by atoms with Crippen LogP contribution in [0.2, 0.25) is 0 Å². The molecule has 1 aromatic heterocycles. The average molecular weight is 414 g/mol. The van der Waals surface area contributed by atoms with Crippen LogP contribution in [-0.4, -0.2) is 9.78 Å². The first-order chi connectivity index (χ1) is 12.6. The fraction of sp³-hybridized carbons (Fsp3) is 0.200. The van der Waals surface area contributed by atoms with Crippen molar-refractivity contribution in [3.8, 4) is 0 Å². The maximum atomic E-state index is 11.9. The molecule has 1 heterocycles. The van der Waals surface area contributed by atoms with Crippen molar-refractivity contribution in [2.75, 3.05) is 5.32 Å². The van der Waals surface area contributed by atoms with Crippen LogP contribution in [-0.2, 0) is 31.5 Å². The first kappa shape index (κ1) is 18.4. The topological polar surface area (TPSA) is 56.1 Å². The Balaban J connectivity index is 1.57. The molecule has 0 aliphatic heterocycles. The summed E-state index contributed by atoms with van der Waals surface area (Å²) in [4.78, 5) is 11.9. The van der Waals surface area contributed by atoms with Crippen LogP contribution in [0.5, 0.6) is 0 Å². The highest BCUT2D eigenvalue weighted by Gasteiger charge is 2.06. The molecule has 0 saturated carbocycles. The van der Waals surface area contributed by atoms with Gasteiger partial charge in [-0.05, 0) is 32.6 Å². The van der Waals surface area contributed by atoms with Crippen molar-refractivity contribution in [1.29, 1.82) is 0 Å². The Labute approximate surface area is 160 Å². The first-order valence-corrected chi connectivity index (χ1v) is 9.08. The van der Waals surface area contributed by atoms with Crippen LogP contribution in [0, 0.1) is 0 Å². The number of nitrogens with zero attached hydrogens (tertiary/aromatic N) is 2. The lowest BCUT2D eigenvalue weighted by Gasteiger charge is -2.10. The second kappa shape index (κ2) is 8.78. The fourth-order valence-corrected chi connectivity index (χ4v) is 3.02. The van der Waals surface area contributed by atoms with Gasteiger partial charge in [0.15, 0.2) is 0 Å². The zero-order chi connectivity index (χ0) is 18.4. The number of halogens is 1. The Morgan fingerprint density at radius 3 is 2.54 bits per heavy atom. The zero-order valence-corrected chi connectivity index (χ0v) is 16.1. The maximum absolute atomic E-state index is 11.9. The third-order valence-electron chi connectivity index (χ3n) is 3.93. The molecule has 3 aromatic rings. The number of anilines is 1. The van der Waals surface area contributed by atoms with Crippen LogP contribution in [0.3, 0.4) is 0 Å². The van der Waals surface area contributed by atoms with Gasteiger partial charge in [0.1, 0.15) is 4.47 Å². The van der Waals surface area contributed by atoms with E-state index in [0.717, 1.165) is 16.7 Å². The molecule has 1 N–H and O–H groups in total. The molecule has 0 bridgehead atoms. The second-order valence-electron chi connectivity index (χ2n) is 5.95. The van der Waals surface area contributed by atoms with E-state index in [-0.39, 0.29) is 5.56 Å². The second-order valence-corrected chi connectivity index (χ2v) is 6.75. The minimum Gasteiger partial charge on any atom is -0.379 e. The number of nitrogens with one attached hydrogen (secondary N) is 1. The average Bonchev–Trinajstić information content (AvgIpc) is 2.67. The normalized spacial score (nSPS) is 10.7. The molecular formula is C20H20BrN3O2. The quantitative estimate of drug-likeness (QED) is 0.638. The van der Waals surface area contributed by atoms with Gasteiger partial charge in [0.2, 0.25) is 0 Å². The molecule has 0 unspecified atom stereocenters. The molecule has 0 spiro atoms. The van der Waals surface area contributed by atoms with E-state index >= 15 is 0 Å². The van der Waals surface area contributed by atoms with Crippen LogP contribution in [0.1, 0.15) is 16.7 Å². The van der Waals surface area contributed by atoms with E-state index in [1.54, 1.807) is 13.2 Å². The molecule has 0 atom stereocenters. The third-order valence-corrected chi connectivity index (χ3v) is 4.70. The lowest BCUT2D eigenvalue weighted by Crippen LogP contribution is -2.21. The molecule has 26 heavy (non-hydrogen) atoms. The van der Waals surface area contributed by atoms with E-state index in [9.17, 15) is 4.79 Å². The highest BCUT2D eigenvalue weighted by Crippen LogP contribution is 2.17. The highest BCUT2D eigenvalue weighted by atomic mass is 79.9. The number of ether oxygens (including phenoxy) is 1. The molecule has 5 nitrogen and oxygen atoms in total.